The number of carbonyl (C=O) groups excluding carboxylic acids is 1. The molecule has 0 aliphatic heterocycles. The number of sulfonamides is 1. The Morgan fingerprint density at radius 1 is 1.03 bits per heavy atom. The summed E-state index contributed by atoms with van der Waals surface area (Å²) in [6, 6.07) is 18.9. The van der Waals surface area contributed by atoms with Gasteiger partial charge in [0.05, 0.1) is 16.7 Å². The van der Waals surface area contributed by atoms with Gasteiger partial charge in [-0.15, -0.1) is 0 Å². The molecular formula is C26H29ClN2O4S. The molecule has 0 atom stereocenters. The maximum Gasteiger partial charge on any atom is 0.264 e. The molecule has 0 saturated heterocycles. The molecule has 0 bridgehead atoms. The summed E-state index contributed by atoms with van der Waals surface area (Å²) in [5.74, 6) is 0.266. The molecule has 0 fully saturated rings. The molecule has 3 aromatic carbocycles. The lowest BCUT2D eigenvalue weighted by molar-refractivity contribution is -0.119. The van der Waals surface area contributed by atoms with Gasteiger partial charge in [-0.3, -0.25) is 9.10 Å². The van der Waals surface area contributed by atoms with Crippen LogP contribution in [0.2, 0.25) is 5.02 Å². The van der Waals surface area contributed by atoms with Gasteiger partial charge in [0.1, 0.15) is 12.3 Å². The van der Waals surface area contributed by atoms with Crippen LogP contribution in [0, 0.1) is 13.8 Å². The third kappa shape index (κ3) is 6.52. The molecule has 0 unspecified atom stereocenters. The van der Waals surface area contributed by atoms with Crippen molar-refractivity contribution in [3.05, 3.63) is 88.4 Å². The summed E-state index contributed by atoms with van der Waals surface area (Å²) < 4.78 is 33.7. The van der Waals surface area contributed by atoms with Crippen LogP contribution < -0.4 is 14.4 Å². The average Bonchev–Trinajstić information content (AvgIpc) is 2.78. The first-order valence-electron chi connectivity index (χ1n) is 10.9. The van der Waals surface area contributed by atoms with E-state index in [2.05, 4.69) is 5.32 Å². The number of nitrogens with zero attached hydrogens (tertiary/aromatic N) is 1. The minimum atomic E-state index is -4.00. The smallest absolute Gasteiger partial charge is 0.264 e. The van der Waals surface area contributed by atoms with Gasteiger partial charge in [0.15, 0.2) is 0 Å². The number of anilines is 1. The van der Waals surface area contributed by atoms with Crippen LogP contribution in [-0.4, -0.2) is 27.0 Å². The fraction of sp³-hybridized carbons (Fsp3) is 0.269. The first-order valence-corrected chi connectivity index (χ1v) is 12.8. The van der Waals surface area contributed by atoms with Crippen molar-refractivity contribution in [2.45, 2.75) is 45.2 Å². The number of carbonyl (C=O) groups is 1. The van der Waals surface area contributed by atoms with Crippen LogP contribution in [0.4, 0.5) is 5.69 Å². The molecule has 180 valence electrons. The summed E-state index contributed by atoms with van der Waals surface area (Å²) in [6.45, 7) is 7.43. The number of benzene rings is 3. The summed E-state index contributed by atoms with van der Waals surface area (Å²) >= 11 is 6.27. The van der Waals surface area contributed by atoms with E-state index in [0.717, 1.165) is 21.0 Å². The normalized spacial score (nSPS) is 11.4. The van der Waals surface area contributed by atoms with Crippen LogP contribution >= 0.6 is 11.6 Å². The van der Waals surface area contributed by atoms with E-state index in [0.29, 0.717) is 16.5 Å². The van der Waals surface area contributed by atoms with E-state index < -0.39 is 22.5 Å². The van der Waals surface area contributed by atoms with Crippen molar-refractivity contribution in [1.29, 1.82) is 0 Å². The number of aryl methyl sites for hydroxylation is 2. The molecule has 0 saturated carbocycles. The van der Waals surface area contributed by atoms with Gasteiger partial charge in [-0.1, -0.05) is 47.5 Å². The molecule has 1 amide bonds. The molecule has 0 heterocycles. The molecule has 3 aromatic rings. The molecule has 0 aliphatic rings. The Morgan fingerprint density at radius 3 is 2.38 bits per heavy atom. The zero-order valence-corrected chi connectivity index (χ0v) is 21.3. The van der Waals surface area contributed by atoms with E-state index in [1.165, 1.54) is 12.1 Å². The van der Waals surface area contributed by atoms with Gasteiger partial charge in [0, 0.05) is 11.6 Å². The molecular weight excluding hydrogens is 472 g/mol. The molecule has 8 heteroatoms. The summed E-state index contributed by atoms with van der Waals surface area (Å²) in [5.41, 5.74) is 2.91. The SMILES string of the molecule is Cc1ccc(S(=O)(=O)N(CC(=O)NCc2cccc(OC(C)C)c2)c2ccc(C)c(Cl)c2)cc1. The largest absolute Gasteiger partial charge is 0.491 e. The lowest BCUT2D eigenvalue weighted by Crippen LogP contribution is -2.40. The predicted molar refractivity (Wildman–Crippen MR) is 136 cm³/mol. The van der Waals surface area contributed by atoms with Crippen molar-refractivity contribution in [1.82, 2.24) is 5.32 Å². The maximum atomic E-state index is 13.5. The Bertz CT molecular complexity index is 1260. The van der Waals surface area contributed by atoms with Crippen LogP contribution in [0.5, 0.6) is 5.75 Å². The van der Waals surface area contributed by atoms with Crippen molar-refractivity contribution < 1.29 is 17.9 Å². The lowest BCUT2D eigenvalue weighted by Gasteiger charge is -2.24. The number of halogens is 1. The number of nitrogens with one attached hydrogen (secondary N) is 1. The zero-order valence-electron chi connectivity index (χ0n) is 19.7. The highest BCUT2D eigenvalue weighted by atomic mass is 35.5. The monoisotopic (exact) mass is 500 g/mol. The van der Waals surface area contributed by atoms with E-state index in [4.69, 9.17) is 16.3 Å². The van der Waals surface area contributed by atoms with Crippen LogP contribution in [0.15, 0.2) is 71.6 Å². The van der Waals surface area contributed by atoms with Crippen molar-refractivity contribution in [3.8, 4) is 5.75 Å². The second-order valence-electron chi connectivity index (χ2n) is 8.35. The lowest BCUT2D eigenvalue weighted by atomic mass is 10.2. The molecule has 0 aliphatic carbocycles. The summed E-state index contributed by atoms with van der Waals surface area (Å²) in [6.07, 6.45) is 0.0340. The fourth-order valence-corrected chi connectivity index (χ4v) is 4.86. The van der Waals surface area contributed by atoms with Gasteiger partial charge in [0.2, 0.25) is 5.91 Å². The number of ether oxygens (including phenoxy) is 1. The topological polar surface area (TPSA) is 75.7 Å². The van der Waals surface area contributed by atoms with Gasteiger partial charge < -0.3 is 10.1 Å². The number of hydrogen-bond donors (Lipinski definition) is 1. The minimum absolute atomic E-state index is 0.0340. The van der Waals surface area contributed by atoms with Crippen molar-refractivity contribution >= 4 is 33.2 Å². The molecule has 0 radical (unpaired) electrons. The van der Waals surface area contributed by atoms with Gasteiger partial charge in [-0.2, -0.15) is 0 Å². The second-order valence-corrected chi connectivity index (χ2v) is 10.6. The minimum Gasteiger partial charge on any atom is -0.491 e. The predicted octanol–water partition coefficient (Wildman–Crippen LogP) is 5.26. The average molecular weight is 501 g/mol. The third-order valence-corrected chi connectivity index (χ3v) is 7.29. The number of rotatable bonds is 9. The molecule has 34 heavy (non-hydrogen) atoms. The highest BCUT2D eigenvalue weighted by molar-refractivity contribution is 7.92. The van der Waals surface area contributed by atoms with Gasteiger partial charge in [-0.25, -0.2) is 8.42 Å². The Hall–Kier alpha value is -3.03. The maximum absolute atomic E-state index is 13.5. The first kappa shape index (κ1) is 25.6. The third-order valence-electron chi connectivity index (χ3n) is 5.10. The van der Waals surface area contributed by atoms with Gasteiger partial charge >= 0.3 is 0 Å². The Balaban J connectivity index is 1.83. The van der Waals surface area contributed by atoms with E-state index in [1.54, 1.807) is 30.3 Å². The van der Waals surface area contributed by atoms with Gasteiger partial charge in [-0.05, 0) is 75.2 Å². The van der Waals surface area contributed by atoms with E-state index in [1.807, 2.05) is 52.0 Å². The quantitative estimate of drug-likeness (QED) is 0.435. The van der Waals surface area contributed by atoms with E-state index in [9.17, 15) is 13.2 Å². The second kappa shape index (κ2) is 10.9. The Kier molecular flexibility index (Phi) is 8.23. The van der Waals surface area contributed by atoms with Crippen molar-refractivity contribution in [2.75, 3.05) is 10.8 Å². The van der Waals surface area contributed by atoms with Crippen LogP contribution in [0.1, 0.15) is 30.5 Å². The van der Waals surface area contributed by atoms with Crippen molar-refractivity contribution in [3.63, 3.8) is 0 Å². The Labute approximate surface area is 206 Å². The van der Waals surface area contributed by atoms with E-state index in [-0.39, 0.29) is 17.5 Å². The Morgan fingerprint density at radius 2 is 1.74 bits per heavy atom. The number of amides is 1. The van der Waals surface area contributed by atoms with Gasteiger partial charge in [0.25, 0.3) is 10.0 Å². The molecule has 1 N–H and O–H groups in total. The van der Waals surface area contributed by atoms with Crippen LogP contribution in [-0.2, 0) is 21.4 Å². The zero-order chi connectivity index (χ0) is 24.9. The fourth-order valence-electron chi connectivity index (χ4n) is 3.28. The standard InChI is InChI=1S/C26H29ClN2O4S/c1-18(2)33-23-7-5-6-21(14-23)16-28-26(30)17-29(22-11-10-20(4)25(27)15-22)34(31,32)24-12-8-19(3)9-13-24/h5-15,18H,16-17H2,1-4H3,(H,28,30). The first-order chi connectivity index (χ1) is 16.1. The van der Waals surface area contributed by atoms with Crippen LogP contribution in [0.3, 0.4) is 0 Å². The highest BCUT2D eigenvalue weighted by Crippen LogP contribution is 2.28. The molecule has 6 nitrogen and oxygen atoms in total. The summed E-state index contributed by atoms with van der Waals surface area (Å²) in [5, 5.41) is 3.23. The number of hydrogen-bond acceptors (Lipinski definition) is 4. The summed E-state index contributed by atoms with van der Waals surface area (Å²) in [7, 11) is -4.00. The van der Waals surface area contributed by atoms with Crippen molar-refractivity contribution in [2.24, 2.45) is 0 Å². The molecule has 0 aromatic heterocycles. The van der Waals surface area contributed by atoms with Crippen LogP contribution in [0.25, 0.3) is 0 Å². The summed E-state index contributed by atoms with van der Waals surface area (Å²) in [4.78, 5) is 13.0. The van der Waals surface area contributed by atoms with E-state index >= 15 is 0 Å². The molecule has 3 rings (SSSR count). The molecule has 0 spiro atoms. The highest BCUT2D eigenvalue weighted by Gasteiger charge is 2.27.